The fourth-order valence-corrected chi connectivity index (χ4v) is 9.14. The molecule has 4 unspecified atom stereocenters. The normalized spacial score (nSPS) is 20.0. The fourth-order valence-electron chi connectivity index (χ4n) is 5.92. The second-order valence-electron chi connectivity index (χ2n) is 12.4. The van der Waals surface area contributed by atoms with Crippen LogP contribution in [0.2, 0.25) is 0 Å². The molecule has 2 aliphatic rings. The lowest BCUT2D eigenvalue weighted by Crippen LogP contribution is -2.36. The van der Waals surface area contributed by atoms with Crippen LogP contribution in [0, 0.1) is 0 Å². The first-order valence-electron chi connectivity index (χ1n) is 17.5. The van der Waals surface area contributed by atoms with E-state index >= 15 is 0 Å². The summed E-state index contributed by atoms with van der Waals surface area (Å²) in [6.45, 7) is 3.89. The van der Waals surface area contributed by atoms with Gasteiger partial charge in [0.15, 0.2) is 0 Å². The van der Waals surface area contributed by atoms with E-state index in [1.54, 1.807) is 0 Å². The van der Waals surface area contributed by atoms with Crippen LogP contribution in [-0.2, 0) is 29.8 Å². The molecule has 10 nitrogen and oxygen atoms in total. The summed E-state index contributed by atoms with van der Waals surface area (Å²) in [4.78, 5) is 35.7. The minimum Gasteiger partial charge on any atom is -0.356 e. The maximum absolute atomic E-state index is 13.0. The smallest absolute Gasteiger partial charge is 0.330 e. The third-order valence-corrected chi connectivity index (χ3v) is 12.1. The van der Waals surface area contributed by atoms with Gasteiger partial charge in [-0.3, -0.25) is 14.2 Å². The van der Waals surface area contributed by atoms with E-state index < -0.39 is 7.60 Å². The molecule has 2 aliphatic heterocycles. The average Bonchev–Trinajstić information content (AvgIpc) is 3.60. The molecule has 2 heterocycles. The molecule has 0 spiro atoms. The second kappa shape index (κ2) is 22.5. The Morgan fingerprint density at radius 1 is 0.826 bits per heavy atom. The van der Waals surface area contributed by atoms with Crippen LogP contribution in [0.25, 0.3) is 0 Å². The Bertz CT molecular complexity index is 1080. The predicted molar refractivity (Wildman–Crippen MR) is 186 cm³/mol. The van der Waals surface area contributed by atoms with Crippen LogP contribution in [-0.4, -0.2) is 66.8 Å². The maximum Gasteiger partial charge on any atom is 0.330 e. The van der Waals surface area contributed by atoms with Crippen LogP contribution in [0.3, 0.4) is 0 Å². The largest absolute Gasteiger partial charge is 0.356 e. The van der Waals surface area contributed by atoms with Crippen LogP contribution in [0.15, 0.2) is 30.3 Å². The van der Waals surface area contributed by atoms with Gasteiger partial charge in [0, 0.05) is 36.9 Å². The van der Waals surface area contributed by atoms with Crippen LogP contribution < -0.4 is 21.3 Å². The Morgan fingerprint density at radius 2 is 1.43 bits per heavy atom. The molecule has 3 rings (SSSR count). The van der Waals surface area contributed by atoms with Gasteiger partial charge in [-0.2, -0.15) is 11.8 Å². The minimum absolute atomic E-state index is 0.0523. The number of carbonyl (C=O) groups is 3. The number of nitrogens with one attached hydrogen (secondary N) is 4. The van der Waals surface area contributed by atoms with Crippen molar-refractivity contribution in [1.29, 1.82) is 0 Å². The van der Waals surface area contributed by atoms with Crippen molar-refractivity contribution >= 4 is 37.2 Å². The summed E-state index contributed by atoms with van der Waals surface area (Å²) in [6, 6.07) is 10.2. The number of unbranched alkanes of at least 4 members (excludes halogenated alkanes) is 9. The Kier molecular flexibility index (Phi) is 18.8. The fraction of sp³-hybridized carbons (Fsp3) is 0.735. The molecule has 2 fully saturated rings. The van der Waals surface area contributed by atoms with Gasteiger partial charge in [0.2, 0.25) is 11.8 Å². The Labute approximate surface area is 280 Å². The summed E-state index contributed by atoms with van der Waals surface area (Å²) < 4.78 is 24.2. The van der Waals surface area contributed by atoms with Crippen molar-refractivity contribution in [1.82, 2.24) is 21.3 Å². The van der Waals surface area contributed by atoms with Gasteiger partial charge in [0.1, 0.15) is 0 Å². The predicted octanol–water partition coefficient (Wildman–Crippen LogP) is 6.68. The highest BCUT2D eigenvalue weighted by Crippen LogP contribution is 2.49. The van der Waals surface area contributed by atoms with Gasteiger partial charge in [0.25, 0.3) is 0 Å². The standard InChI is InChI=1S/C34H57N4O6PS/c1-2-43-45(42,44-26-28-18-10-8-11-19-28)25-17-7-5-3-4-6-12-21-31(39)35-23-15-9-16-24-36-32(40)22-14-13-20-30-33-29(27-46-30)37-34(41)38-33/h8,10-11,18-19,29-30,33H,2-7,9,12-17,20-27H2,1H3,(H,35,39)(H,36,40)(H2,37,38,41). The molecule has 1 aromatic carbocycles. The van der Waals surface area contributed by atoms with Crippen molar-refractivity contribution in [3.63, 3.8) is 0 Å². The van der Waals surface area contributed by atoms with E-state index in [1.807, 2.05) is 49.0 Å². The van der Waals surface area contributed by atoms with E-state index in [0.29, 0.717) is 50.6 Å². The lowest BCUT2D eigenvalue weighted by molar-refractivity contribution is -0.121. The lowest BCUT2D eigenvalue weighted by Gasteiger charge is -2.18. The average molecular weight is 681 g/mol. The highest BCUT2D eigenvalue weighted by atomic mass is 32.2. The molecule has 4 N–H and O–H groups in total. The van der Waals surface area contributed by atoms with Crippen molar-refractivity contribution < 1.29 is 28.0 Å². The number of carbonyl (C=O) groups excluding carboxylic acids is 3. The first-order chi connectivity index (χ1) is 22.4. The second-order valence-corrected chi connectivity index (χ2v) is 15.8. The van der Waals surface area contributed by atoms with Crippen LogP contribution in [0.5, 0.6) is 0 Å². The molecule has 0 aromatic heterocycles. The number of urea groups is 1. The molecule has 4 atom stereocenters. The third-order valence-electron chi connectivity index (χ3n) is 8.51. The highest BCUT2D eigenvalue weighted by Gasteiger charge is 2.42. The van der Waals surface area contributed by atoms with Crippen molar-refractivity contribution in [3.05, 3.63) is 35.9 Å². The summed E-state index contributed by atoms with van der Waals surface area (Å²) >= 11 is 1.91. The monoisotopic (exact) mass is 680 g/mol. The van der Waals surface area contributed by atoms with Crippen LogP contribution in [0.4, 0.5) is 4.79 Å². The van der Waals surface area contributed by atoms with Crippen molar-refractivity contribution in [2.75, 3.05) is 31.6 Å². The van der Waals surface area contributed by atoms with E-state index in [1.165, 1.54) is 0 Å². The van der Waals surface area contributed by atoms with Gasteiger partial charge in [-0.25, -0.2) is 4.79 Å². The van der Waals surface area contributed by atoms with E-state index in [4.69, 9.17) is 9.05 Å². The van der Waals surface area contributed by atoms with E-state index in [-0.39, 0.29) is 29.9 Å². The summed E-state index contributed by atoms with van der Waals surface area (Å²) in [7, 11) is -3.07. The molecule has 12 heteroatoms. The molecular weight excluding hydrogens is 623 g/mol. The number of amides is 4. The van der Waals surface area contributed by atoms with Crippen molar-refractivity contribution in [3.8, 4) is 0 Å². The number of hydrogen-bond acceptors (Lipinski definition) is 7. The van der Waals surface area contributed by atoms with Gasteiger partial charge in [0.05, 0.1) is 31.5 Å². The van der Waals surface area contributed by atoms with Crippen LogP contribution >= 0.6 is 19.4 Å². The Hall–Kier alpha value is -2.07. The number of fused-ring (bicyclic) bond motifs is 1. The summed E-state index contributed by atoms with van der Waals surface area (Å²) in [5.74, 6) is 1.20. The number of rotatable bonds is 26. The summed E-state index contributed by atoms with van der Waals surface area (Å²) in [5.41, 5.74) is 0.991. The number of benzene rings is 1. The molecule has 0 aliphatic carbocycles. The van der Waals surface area contributed by atoms with Crippen molar-refractivity contribution in [2.24, 2.45) is 0 Å². The zero-order chi connectivity index (χ0) is 32.9. The maximum atomic E-state index is 13.0. The molecule has 0 radical (unpaired) electrons. The van der Waals surface area contributed by atoms with Gasteiger partial charge < -0.3 is 30.3 Å². The molecule has 1 aromatic rings. The Morgan fingerprint density at radius 3 is 2.11 bits per heavy atom. The van der Waals surface area contributed by atoms with Crippen LogP contribution in [0.1, 0.15) is 109 Å². The quantitative estimate of drug-likeness (QED) is 0.0487. The SMILES string of the molecule is CCOP(=O)(CCCCCCCCCC(=O)NCCCCCNC(=O)CCCCC1SCC2NC(=O)NC21)OCc1ccccc1. The van der Waals surface area contributed by atoms with Gasteiger partial charge in [-0.1, -0.05) is 68.9 Å². The van der Waals surface area contributed by atoms with E-state index in [0.717, 1.165) is 94.8 Å². The van der Waals surface area contributed by atoms with Gasteiger partial charge in [-0.15, -0.1) is 0 Å². The first-order valence-corrected chi connectivity index (χ1v) is 20.3. The van der Waals surface area contributed by atoms with Crippen molar-refractivity contribution in [2.45, 2.75) is 127 Å². The molecule has 4 amide bonds. The minimum atomic E-state index is -3.07. The highest BCUT2D eigenvalue weighted by molar-refractivity contribution is 8.00. The molecule has 46 heavy (non-hydrogen) atoms. The van der Waals surface area contributed by atoms with Gasteiger partial charge in [-0.05, 0) is 57.4 Å². The Balaban J connectivity index is 1.05. The molecule has 2 saturated heterocycles. The molecule has 260 valence electrons. The van der Waals surface area contributed by atoms with E-state index in [2.05, 4.69) is 21.3 Å². The summed E-state index contributed by atoms with van der Waals surface area (Å²) in [5, 5.41) is 12.5. The lowest BCUT2D eigenvalue weighted by atomic mass is 10.0. The zero-order valence-corrected chi connectivity index (χ0v) is 29.5. The van der Waals surface area contributed by atoms with E-state index in [9.17, 15) is 18.9 Å². The number of hydrogen-bond donors (Lipinski definition) is 4. The topological polar surface area (TPSA) is 135 Å². The molecule has 0 saturated carbocycles. The van der Waals surface area contributed by atoms with Gasteiger partial charge >= 0.3 is 13.6 Å². The number of thioether (sulfide) groups is 1. The molecular formula is C34H57N4O6PS. The molecule has 0 bridgehead atoms. The summed E-state index contributed by atoms with van der Waals surface area (Å²) in [6.07, 6.45) is 14.3. The first kappa shape index (κ1) is 38.4. The third kappa shape index (κ3) is 15.7. The zero-order valence-electron chi connectivity index (χ0n) is 27.8.